The Morgan fingerprint density at radius 2 is 1.92 bits per heavy atom. The summed E-state index contributed by atoms with van der Waals surface area (Å²) in [7, 11) is -4.08. The first-order chi connectivity index (χ1) is 11.3. The number of nitrogens with zero attached hydrogens (tertiary/aromatic N) is 1. The Morgan fingerprint density at radius 1 is 1.25 bits per heavy atom. The van der Waals surface area contributed by atoms with Crippen molar-refractivity contribution in [2.75, 3.05) is 19.6 Å². The number of sulfonamides is 1. The summed E-state index contributed by atoms with van der Waals surface area (Å²) in [6, 6.07) is 4.24. The van der Waals surface area contributed by atoms with Crippen LogP contribution in [0.2, 0.25) is 0 Å². The SMILES string of the molecule is CC(=O)NCCNC(=O)C1CCCN1S(=O)(=O)c1ccccc1F. The van der Waals surface area contributed by atoms with E-state index in [0.29, 0.717) is 12.8 Å². The molecule has 0 bridgehead atoms. The van der Waals surface area contributed by atoms with Crippen LogP contribution in [0.3, 0.4) is 0 Å². The average Bonchev–Trinajstić information content (AvgIpc) is 3.02. The van der Waals surface area contributed by atoms with E-state index in [1.807, 2.05) is 0 Å². The van der Waals surface area contributed by atoms with Gasteiger partial charge < -0.3 is 10.6 Å². The van der Waals surface area contributed by atoms with E-state index in [1.165, 1.54) is 25.1 Å². The molecule has 0 aromatic heterocycles. The van der Waals surface area contributed by atoms with E-state index in [1.54, 1.807) is 0 Å². The molecule has 0 saturated carbocycles. The lowest BCUT2D eigenvalue weighted by molar-refractivity contribution is -0.124. The molecule has 1 aromatic carbocycles. The van der Waals surface area contributed by atoms with Gasteiger partial charge in [0.25, 0.3) is 0 Å². The van der Waals surface area contributed by atoms with E-state index in [4.69, 9.17) is 0 Å². The van der Waals surface area contributed by atoms with Crippen LogP contribution in [0.5, 0.6) is 0 Å². The summed E-state index contributed by atoms with van der Waals surface area (Å²) in [6.45, 7) is 1.98. The topological polar surface area (TPSA) is 95.6 Å². The van der Waals surface area contributed by atoms with Crippen molar-refractivity contribution >= 4 is 21.8 Å². The Labute approximate surface area is 140 Å². The number of rotatable bonds is 6. The molecule has 1 saturated heterocycles. The summed E-state index contributed by atoms with van der Waals surface area (Å²) in [5, 5.41) is 5.13. The molecule has 1 aromatic rings. The maximum absolute atomic E-state index is 13.8. The largest absolute Gasteiger partial charge is 0.355 e. The van der Waals surface area contributed by atoms with Crippen molar-refractivity contribution in [2.24, 2.45) is 0 Å². The zero-order valence-corrected chi connectivity index (χ0v) is 14.1. The number of halogens is 1. The molecule has 24 heavy (non-hydrogen) atoms. The average molecular weight is 357 g/mol. The van der Waals surface area contributed by atoms with Crippen molar-refractivity contribution in [1.29, 1.82) is 0 Å². The summed E-state index contributed by atoms with van der Waals surface area (Å²) >= 11 is 0. The van der Waals surface area contributed by atoms with Gasteiger partial charge in [-0.15, -0.1) is 0 Å². The molecule has 2 N–H and O–H groups in total. The monoisotopic (exact) mass is 357 g/mol. The van der Waals surface area contributed by atoms with Gasteiger partial charge in [-0.2, -0.15) is 4.31 Å². The summed E-state index contributed by atoms with van der Waals surface area (Å²) < 4.78 is 40.2. The second-order valence-electron chi connectivity index (χ2n) is 5.48. The third kappa shape index (κ3) is 4.09. The molecule has 1 heterocycles. The van der Waals surface area contributed by atoms with Crippen molar-refractivity contribution in [3.05, 3.63) is 30.1 Å². The molecular weight excluding hydrogens is 337 g/mol. The van der Waals surface area contributed by atoms with E-state index in [2.05, 4.69) is 10.6 Å². The maximum Gasteiger partial charge on any atom is 0.246 e. The van der Waals surface area contributed by atoms with Crippen molar-refractivity contribution in [1.82, 2.24) is 14.9 Å². The van der Waals surface area contributed by atoms with Crippen LogP contribution in [0.4, 0.5) is 4.39 Å². The molecule has 0 spiro atoms. The Morgan fingerprint density at radius 3 is 2.58 bits per heavy atom. The van der Waals surface area contributed by atoms with Crippen LogP contribution in [-0.2, 0) is 19.6 Å². The molecule has 132 valence electrons. The van der Waals surface area contributed by atoms with Crippen molar-refractivity contribution < 1.29 is 22.4 Å². The molecular formula is C15H20FN3O4S. The van der Waals surface area contributed by atoms with Gasteiger partial charge in [-0.1, -0.05) is 12.1 Å². The lowest BCUT2D eigenvalue weighted by Gasteiger charge is -2.23. The Balaban J connectivity index is 2.08. The fourth-order valence-corrected chi connectivity index (χ4v) is 4.34. The number of benzene rings is 1. The van der Waals surface area contributed by atoms with Gasteiger partial charge in [0, 0.05) is 26.6 Å². The van der Waals surface area contributed by atoms with Gasteiger partial charge in [-0.3, -0.25) is 9.59 Å². The van der Waals surface area contributed by atoms with E-state index < -0.39 is 32.7 Å². The first-order valence-electron chi connectivity index (χ1n) is 7.62. The molecule has 0 aliphatic carbocycles. The van der Waals surface area contributed by atoms with Crippen LogP contribution in [0.25, 0.3) is 0 Å². The highest BCUT2D eigenvalue weighted by Gasteiger charge is 2.40. The fraction of sp³-hybridized carbons (Fsp3) is 0.467. The van der Waals surface area contributed by atoms with Crippen LogP contribution in [0.1, 0.15) is 19.8 Å². The fourth-order valence-electron chi connectivity index (χ4n) is 2.61. The molecule has 7 nitrogen and oxygen atoms in total. The third-order valence-electron chi connectivity index (χ3n) is 3.73. The quantitative estimate of drug-likeness (QED) is 0.713. The highest BCUT2D eigenvalue weighted by Crippen LogP contribution is 2.27. The molecule has 2 rings (SSSR count). The number of amides is 2. The number of nitrogens with one attached hydrogen (secondary N) is 2. The smallest absolute Gasteiger partial charge is 0.246 e. The minimum atomic E-state index is -4.08. The van der Waals surface area contributed by atoms with Crippen LogP contribution < -0.4 is 10.6 Å². The molecule has 1 unspecified atom stereocenters. The molecule has 1 aliphatic rings. The zero-order chi connectivity index (χ0) is 17.7. The van der Waals surface area contributed by atoms with E-state index in [-0.39, 0.29) is 25.5 Å². The summed E-state index contributed by atoms with van der Waals surface area (Å²) in [5.41, 5.74) is 0. The van der Waals surface area contributed by atoms with Gasteiger partial charge in [0.1, 0.15) is 16.8 Å². The van der Waals surface area contributed by atoms with Crippen LogP contribution in [0, 0.1) is 5.82 Å². The van der Waals surface area contributed by atoms with Crippen molar-refractivity contribution in [3.8, 4) is 0 Å². The number of hydrogen-bond donors (Lipinski definition) is 2. The molecule has 1 aliphatic heterocycles. The van der Waals surface area contributed by atoms with Crippen molar-refractivity contribution in [2.45, 2.75) is 30.7 Å². The molecule has 0 radical (unpaired) electrons. The highest BCUT2D eigenvalue weighted by atomic mass is 32.2. The van der Waals surface area contributed by atoms with Gasteiger partial charge >= 0.3 is 0 Å². The predicted molar refractivity (Wildman–Crippen MR) is 85.0 cm³/mol. The van der Waals surface area contributed by atoms with Gasteiger partial charge in [-0.05, 0) is 25.0 Å². The maximum atomic E-state index is 13.8. The standard InChI is InChI=1S/C15H20FN3O4S/c1-11(20)17-8-9-18-15(21)13-6-4-10-19(13)24(22,23)14-7-3-2-5-12(14)16/h2-3,5,7,13H,4,6,8-10H2,1H3,(H,17,20)(H,18,21). The van der Waals surface area contributed by atoms with Crippen LogP contribution in [-0.4, -0.2) is 50.2 Å². The van der Waals surface area contributed by atoms with Gasteiger partial charge in [0.05, 0.1) is 0 Å². The first-order valence-corrected chi connectivity index (χ1v) is 9.06. The minimum absolute atomic E-state index is 0.167. The van der Waals surface area contributed by atoms with Crippen molar-refractivity contribution in [3.63, 3.8) is 0 Å². The number of carbonyl (C=O) groups is 2. The normalized spacial score (nSPS) is 18.3. The Hall–Kier alpha value is -2.00. The number of carbonyl (C=O) groups excluding carboxylic acids is 2. The second-order valence-corrected chi connectivity index (χ2v) is 7.34. The highest BCUT2D eigenvalue weighted by molar-refractivity contribution is 7.89. The third-order valence-corrected chi connectivity index (χ3v) is 5.67. The van der Waals surface area contributed by atoms with E-state index in [0.717, 1.165) is 10.4 Å². The number of hydrogen-bond acceptors (Lipinski definition) is 4. The Kier molecular flexibility index (Phi) is 5.89. The molecule has 9 heteroatoms. The summed E-state index contributed by atoms with van der Waals surface area (Å²) in [5.74, 6) is -1.50. The second kappa shape index (κ2) is 7.71. The van der Waals surface area contributed by atoms with Gasteiger partial charge in [-0.25, -0.2) is 12.8 Å². The molecule has 1 fully saturated rings. The lowest BCUT2D eigenvalue weighted by atomic mass is 10.2. The Bertz CT molecular complexity index is 723. The first kappa shape index (κ1) is 18.3. The van der Waals surface area contributed by atoms with Gasteiger partial charge in [0.2, 0.25) is 21.8 Å². The van der Waals surface area contributed by atoms with Crippen LogP contribution >= 0.6 is 0 Å². The summed E-state index contributed by atoms with van der Waals surface area (Å²) in [6.07, 6.45) is 0.900. The predicted octanol–water partition coefficient (Wildman–Crippen LogP) is 0.231. The lowest BCUT2D eigenvalue weighted by Crippen LogP contribution is -2.47. The summed E-state index contributed by atoms with van der Waals surface area (Å²) in [4.78, 5) is 22.6. The zero-order valence-electron chi connectivity index (χ0n) is 13.3. The van der Waals surface area contributed by atoms with E-state index >= 15 is 0 Å². The van der Waals surface area contributed by atoms with E-state index in [9.17, 15) is 22.4 Å². The van der Waals surface area contributed by atoms with Crippen LogP contribution in [0.15, 0.2) is 29.2 Å². The van der Waals surface area contributed by atoms with Gasteiger partial charge in [0.15, 0.2) is 0 Å². The molecule has 2 amide bonds. The minimum Gasteiger partial charge on any atom is -0.355 e. The molecule has 1 atom stereocenters.